The number of aliphatic hydroxyl groups excluding tert-OH is 1. The highest BCUT2D eigenvalue weighted by Crippen LogP contribution is 2.52. The molecule has 0 spiro atoms. The van der Waals surface area contributed by atoms with E-state index < -0.39 is 0 Å². The smallest absolute Gasteiger partial charge is 0.0639 e. The Kier molecular flexibility index (Phi) is 3.15. The number of hydrogen-bond acceptors (Lipinski definition) is 1. The van der Waals surface area contributed by atoms with Crippen molar-refractivity contribution in [1.29, 1.82) is 0 Å². The molecule has 1 atom stereocenters. The molecule has 1 N–H and O–H groups in total. The zero-order chi connectivity index (χ0) is 11.6. The first-order valence-corrected chi connectivity index (χ1v) is 6.03. The Morgan fingerprint density at radius 2 is 2.00 bits per heavy atom. The predicted molar refractivity (Wildman–Crippen MR) is 67.4 cm³/mol. The maximum atomic E-state index is 10.3. The molecule has 1 unspecified atom stereocenters. The molecule has 1 aliphatic rings. The fraction of sp³-hybridized carbons (Fsp3) is 0.467. The van der Waals surface area contributed by atoms with Gasteiger partial charge in [0.1, 0.15) is 0 Å². The summed E-state index contributed by atoms with van der Waals surface area (Å²) < 4.78 is 0. The van der Waals surface area contributed by atoms with Crippen LogP contribution >= 0.6 is 0 Å². The zero-order valence-electron chi connectivity index (χ0n) is 9.95. The summed E-state index contributed by atoms with van der Waals surface area (Å²) in [5.41, 5.74) is 2.50. The standard InChI is InChI=1S/C15H20O/c1-12(2)8-9-14(16)15(10-11-15)13-6-4-3-5-7-13/h3-7,14,16H,1,8-11H2,2H3. The van der Waals surface area contributed by atoms with Gasteiger partial charge < -0.3 is 5.11 Å². The first kappa shape index (κ1) is 11.4. The highest BCUT2D eigenvalue weighted by Gasteiger charge is 2.49. The SMILES string of the molecule is C=C(C)CCC(O)C1(c2ccccc2)CC1. The van der Waals surface area contributed by atoms with Gasteiger partial charge in [0.25, 0.3) is 0 Å². The highest BCUT2D eigenvalue weighted by molar-refractivity contribution is 5.33. The molecule has 1 aromatic rings. The van der Waals surface area contributed by atoms with Crippen LogP contribution < -0.4 is 0 Å². The van der Waals surface area contributed by atoms with E-state index in [1.54, 1.807) is 0 Å². The molecule has 1 aromatic carbocycles. The molecule has 1 aliphatic carbocycles. The van der Waals surface area contributed by atoms with Crippen LogP contribution in [-0.4, -0.2) is 11.2 Å². The van der Waals surface area contributed by atoms with Crippen LogP contribution in [0.2, 0.25) is 0 Å². The van der Waals surface area contributed by atoms with Crippen molar-refractivity contribution in [2.24, 2.45) is 0 Å². The molecule has 0 radical (unpaired) electrons. The van der Waals surface area contributed by atoms with Crippen molar-refractivity contribution >= 4 is 0 Å². The lowest BCUT2D eigenvalue weighted by molar-refractivity contribution is 0.122. The summed E-state index contributed by atoms with van der Waals surface area (Å²) >= 11 is 0. The Balaban J connectivity index is 2.05. The van der Waals surface area contributed by atoms with Crippen molar-refractivity contribution in [3.05, 3.63) is 48.0 Å². The molecule has 0 amide bonds. The lowest BCUT2D eigenvalue weighted by atomic mass is 9.87. The van der Waals surface area contributed by atoms with Crippen molar-refractivity contribution in [1.82, 2.24) is 0 Å². The van der Waals surface area contributed by atoms with E-state index in [0.29, 0.717) is 0 Å². The summed E-state index contributed by atoms with van der Waals surface area (Å²) in [4.78, 5) is 0. The van der Waals surface area contributed by atoms with Crippen molar-refractivity contribution < 1.29 is 5.11 Å². The van der Waals surface area contributed by atoms with Gasteiger partial charge in [0.2, 0.25) is 0 Å². The summed E-state index contributed by atoms with van der Waals surface area (Å²) in [5, 5.41) is 10.3. The van der Waals surface area contributed by atoms with Crippen LogP contribution in [-0.2, 0) is 5.41 Å². The number of allylic oxidation sites excluding steroid dienone is 1. The minimum Gasteiger partial charge on any atom is -0.392 e. The second-order valence-electron chi connectivity index (χ2n) is 5.03. The van der Waals surface area contributed by atoms with Crippen LogP contribution in [0.4, 0.5) is 0 Å². The van der Waals surface area contributed by atoms with E-state index in [0.717, 1.165) is 31.3 Å². The minimum absolute atomic E-state index is 0.0523. The largest absolute Gasteiger partial charge is 0.392 e. The molecule has 1 fully saturated rings. The Morgan fingerprint density at radius 1 is 1.38 bits per heavy atom. The molecule has 0 bridgehead atoms. The van der Waals surface area contributed by atoms with Gasteiger partial charge >= 0.3 is 0 Å². The molecule has 1 saturated carbocycles. The second-order valence-corrected chi connectivity index (χ2v) is 5.03. The summed E-state index contributed by atoms with van der Waals surface area (Å²) in [6.07, 6.45) is 3.79. The zero-order valence-corrected chi connectivity index (χ0v) is 9.95. The molecule has 1 heteroatoms. The average molecular weight is 216 g/mol. The van der Waals surface area contributed by atoms with Gasteiger partial charge in [-0.2, -0.15) is 0 Å². The van der Waals surface area contributed by atoms with Crippen molar-refractivity contribution in [2.45, 2.75) is 44.1 Å². The van der Waals surface area contributed by atoms with Crippen LogP contribution in [0, 0.1) is 0 Å². The van der Waals surface area contributed by atoms with Crippen LogP contribution in [0.5, 0.6) is 0 Å². The van der Waals surface area contributed by atoms with E-state index in [2.05, 4.69) is 30.8 Å². The van der Waals surface area contributed by atoms with Gasteiger partial charge in [-0.3, -0.25) is 0 Å². The Morgan fingerprint density at radius 3 is 2.50 bits per heavy atom. The van der Waals surface area contributed by atoms with Crippen LogP contribution in [0.3, 0.4) is 0 Å². The van der Waals surface area contributed by atoms with Gasteiger partial charge in [0.05, 0.1) is 6.10 Å². The van der Waals surface area contributed by atoms with Gasteiger partial charge in [-0.25, -0.2) is 0 Å². The van der Waals surface area contributed by atoms with Crippen molar-refractivity contribution in [2.75, 3.05) is 0 Å². The van der Waals surface area contributed by atoms with E-state index in [1.807, 2.05) is 13.0 Å². The average Bonchev–Trinajstić information content (AvgIpc) is 3.08. The lowest BCUT2D eigenvalue weighted by Gasteiger charge is -2.22. The van der Waals surface area contributed by atoms with E-state index in [4.69, 9.17) is 0 Å². The third-order valence-corrected chi connectivity index (χ3v) is 3.62. The fourth-order valence-corrected chi connectivity index (χ4v) is 2.38. The molecule has 16 heavy (non-hydrogen) atoms. The highest BCUT2D eigenvalue weighted by atomic mass is 16.3. The molecular weight excluding hydrogens is 196 g/mol. The summed E-state index contributed by atoms with van der Waals surface area (Å²) in [7, 11) is 0. The van der Waals surface area contributed by atoms with Crippen molar-refractivity contribution in [3.8, 4) is 0 Å². The number of hydrogen-bond donors (Lipinski definition) is 1. The molecule has 0 saturated heterocycles. The fourth-order valence-electron chi connectivity index (χ4n) is 2.38. The first-order valence-electron chi connectivity index (χ1n) is 6.03. The monoisotopic (exact) mass is 216 g/mol. The second kappa shape index (κ2) is 4.42. The van der Waals surface area contributed by atoms with Crippen LogP contribution in [0.15, 0.2) is 42.5 Å². The van der Waals surface area contributed by atoms with E-state index in [1.165, 1.54) is 5.56 Å². The molecule has 0 aliphatic heterocycles. The quantitative estimate of drug-likeness (QED) is 0.748. The Hall–Kier alpha value is -1.08. The molecule has 0 heterocycles. The first-order chi connectivity index (χ1) is 7.65. The molecule has 86 valence electrons. The van der Waals surface area contributed by atoms with Gasteiger partial charge in [-0.15, -0.1) is 6.58 Å². The van der Waals surface area contributed by atoms with E-state index in [9.17, 15) is 5.11 Å². The van der Waals surface area contributed by atoms with Gasteiger partial charge in [-0.05, 0) is 38.2 Å². The number of benzene rings is 1. The van der Waals surface area contributed by atoms with E-state index >= 15 is 0 Å². The Labute approximate surface area is 97.8 Å². The summed E-state index contributed by atoms with van der Waals surface area (Å²) in [5.74, 6) is 0. The lowest BCUT2D eigenvalue weighted by Crippen LogP contribution is -2.25. The number of aliphatic hydroxyl groups is 1. The van der Waals surface area contributed by atoms with E-state index in [-0.39, 0.29) is 11.5 Å². The normalized spacial score (nSPS) is 19.1. The summed E-state index contributed by atoms with van der Waals surface area (Å²) in [6.45, 7) is 5.91. The van der Waals surface area contributed by atoms with Crippen LogP contribution in [0.25, 0.3) is 0 Å². The topological polar surface area (TPSA) is 20.2 Å². The molecular formula is C15H20O. The maximum absolute atomic E-state index is 10.3. The third-order valence-electron chi connectivity index (χ3n) is 3.62. The van der Waals surface area contributed by atoms with Crippen molar-refractivity contribution in [3.63, 3.8) is 0 Å². The number of rotatable bonds is 5. The van der Waals surface area contributed by atoms with Gasteiger partial charge in [0.15, 0.2) is 0 Å². The third kappa shape index (κ3) is 2.19. The Bertz CT molecular complexity index is 362. The van der Waals surface area contributed by atoms with Crippen LogP contribution in [0.1, 0.15) is 38.2 Å². The van der Waals surface area contributed by atoms with Gasteiger partial charge in [0, 0.05) is 5.41 Å². The minimum atomic E-state index is -0.216. The summed E-state index contributed by atoms with van der Waals surface area (Å²) in [6, 6.07) is 10.4. The predicted octanol–water partition coefficient (Wildman–Crippen LogP) is 3.44. The molecule has 2 rings (SSSR count). The van der Waals surface area contributed by atoms with Gasteiger partial charge in [-0.1, -0.05) is 35.9 Å². The molecule has 0 aromatic heterocycles. The molecule has 1 nitrogen and oxygen atoms in total. The maximum Gasteiger partial charge on any atom is 0.0639 e.